The molecule has 2 amide bonds. The number of nitro benzene ring substituents is 1. The Kier molecular flexibility index (Phi) is 4.30. The molecule has 3 rings (SSSR count). The molecule has 1 fully saturated rings. The minimum atomic E-state index is -0.879. The zero-order chi connectivity index (χ0) is 18.0. The van der Waals surface area contributed by atoms with Crippen LogP contribution in [0.15, 0.2) is 66.9 Å². The molecule has 7 heteroatoms. The Balaban J connectivity index is 2.08. The second-order valence-corrected chi connectivity index (χ2v) is 5.63. The molecule has 2 aromatic rings. The van der Waals surface area contributed by atoms with E-state index in [0.29, 0.717) is 5.56 Å². The van der Waals surface area contributed by atoms with Gasteiger partial charge in [0, 0.05) is 17.3 Å². The van der Waals surface area contributed by atoms with Crippen LogP contribution in [0.4, 0.5) is 10.5 Å². The molecule has 0 radical (unpaired) electrons. The molecule has 1 saturated heterocycles. The molecule has 0 bridgehead atoms. The van der Waals surface area contributed by atoms with Gasteiger partial charge >= 0.3 is 6.03 Å². The van der Waals surface area contributed by atoms with E-state index < -0.39 is 22.9 Å². The van der Waals surface area contributed by atoms with Gasteiger partial charge in [-0.2, -0.15) is 0 Å². The van der Waals surface area contributed by atoms with E-state index in [-0.39, 0.29) is 22.7 Å². The minimum Gasteiger partial charge on any atom is -0.330 e. The van der Waals surface area contributed by atoms with Gasteiger partial charge in [0.1, 0.15) is 0 Å². The Morgan fingerprint density at radius 2 is 1.72 bits per heavy atom. The number of nitro groups is 1. The number of Topliss-reactive ketones (excluding diaryl/α,β-unsaturated/α-hetero) is 1. The summed E-state index contributed by atoms with van der Waals surface area (Å²) < 4.78 is 0. The molecule has 126 valence electrons. The van der Waals surface area contributed by atoms with Gasteiger partial charge in [-0.1, -0.05) is 55.1 Å². The van der Waals surface area contributed by atoms with Crippen molar-refractivity contribution < 1.29 is 14.5 Å². The van der Waals surface area contributed by atoms with Crippen LogP contribution in [-0.4, -0.2) is 16.7 Å². The summed E-state index contributed by atoms with van der Waals surface area (Å²) in [5.41, 5.74) is 0.752. The van der Waals surface area contributed by atoms with E-state index in [2.05, 4.69) is 17.2 Å². The summed E-state index contributed by atoms with van der Waals surface area (Å²) in [6.45, 7) is 3.78. The van der Waals surface area contributed by atoms with Crippen molar-refractivity contribution in [2.24, 2.45) is 5.92 Å². The van der Waals surface area contributed by atoms with Crippen LogP contribution in [0.5, 0.6) is 0 Å². The van der Waals surface area contributed by atoms with Crippen molar-refractivity contribution in [3.8, 4) is 0 Å². The summed E-state index contributed by atoms with van der Waals surface area (Å²) in [6.07, 6.45) is 0. The number of nitrogens with one attached hydrogen (secondary N) is 2. The number of ketones is 1. The van der Waals surface area contributed by atoms with Crippen LogP contribution in [0.3, 0.4) is 0 Å². The maximum absolute atomic E-state index is 13.0. The molecule has 1 aliphatic rings. The third-order valence-electron chi connectivity index (χ3n) is 4.08. The maximum atomic E-state index is 13.0. The molecule has 0 aliphatic carbocycles. The lowest BCUT2D eigenvalue weighted by Crippen LogP contribution is -2.50. The molecule has 25 heavy (non-hydrogen) atoms. The Morgan fingerprint density at radius 3 is 2.40 bits per heavy atom. The van der Waals surface area contributed by atoms with Crippen molar-refractivity contribution in [1.82, 2.24) is 10.6 Å². The number of para-hydroxylation sites is 1. The number of amides is 2. The quantitative estimate of drug-likeness (QED) is 0.509. The van der Waals surface area contributed by atoms with Crippen LogP contribution < -0.4 is 10.6 Å². The first-order chi connectivity index (χ1) is 12.0. The van der Waals surface area contributed by atoms with Gasteiger partial charge in [-0.3, -0.25) is 14.9 Å². The van der Waals surface area contributed by atoms with Crippen molar-refractivity contribution in [2.45, 2.75) is 6.04 Å². The van der Waals surface area contributed by atoms with Crippen molar-refractivity contribution >= 4 is 17.5 Å². The fourth-order valence-electron chi connectivity index (χ4n) is 2.95. The fraction of sp³-hybridized carbons (Fsp3) is 0.111. The van der Waals surface area contributed by atoms with Gasteiger partial charge in [-0.25, -0.2) is 4.79 Å². The number of carbonyl (C=O) groups is 2. The highest BCUT2D eigenvalue weighted by Gasteiger charge is 2.40. The summed E-state index contributed by atoms with van der Waals surface area (Å²) in [7, 11) is 0. The molecule has 2 aromatic carbocycles. The monoisotopic (exact) mass is 337 g/mol. The molecule has 0 spiro atoms. The lowest BCUT2D eigenvalue weighted by molar-refractivity contribution is -0.385. The van der Waals surface area contributed by atoms with Crippen molar-refractivity contribution in [3.05, 3.63) is 88.1 Å². The first kappa shape index (κ1) is 16.4. The first-order valence-electron chi connectivity index (χ1n) is 7.58. The summed E-state index contributed by atoms with van der Waals surface area (Å²) in [5.74, 6) is -1.14. The summed E-state index contributed by atoms with van der Waals surface area (Å²) in [6, 6.07) is 13.2. The number of rotatable bonds is 4. The molecule has 0 unspecified atom stereocenters. The van der Waals surface area contributed by atoms with Gasteiger partial charge in [0.05, 0.1) is 22.4 Å². The Bertz CT molecular complexity index is 864. The SMILES string of the molecule is C=C1NC(=O)N[C@H](c2ccccc2[N+](=O)[O-])[C@@H]1C(=O)c1ccccc1. The summed E-state index contributed by atoms with van der Waals surface area (Å²) in [5, 5.41) is 16.5. The largest absolute Gasteiger partial charge is 0.330 e. The topological polar surface area (TPSA) is 101 Å². The molecule has 2 atom stereocenters. The van der Waals surface area contributed by atoms with Crippen LogP contribution in [0.1, 0.15) is 22.0 Å². The highest BCUT2D eigenvalue weighted by molar-refractivity contribution is 6.01. The Labute approximate surface area is 143 Å². The lowest BCUT2D eigenvalue weighted by atomic mass is 9.83. The second kappa shape index (κ2) is 6.56. The number of carbonyl (C=O) groups excluding carboxylic acids is 2. The summed E-state index contributed by atoms with van der Waals surface area (Å²) >= 11 is 0. The zero-order valence-corrected chi connectivity index (χ0v) is 13.1. The fourth-order valence-corrected chi connectivity index (χ4v) is 2.95. The molecular formula is C18H15N3O4. The summed E-state index contributed by atoms with van der Waals surface area (Å²) in [4.78, 5) is 35.7. The Hall–Kier alpha value is -3.48. The molecule has 1 aliphatic heterocycles. The van der Waals surface area contributed by atoms with E-state index in [4.69, 9.17) is 0 Å². The van der Waals surface area contributed by atoms with E-state index in [1.807, 2.05) is 0 Å². The lowest BCUT2D eigenvalue weighted by Gasteiger charge is -2.33. The molecule has 0 saturated carbocycles. The minimum absolute atomic E-state index is 0.159. The van der Waals surface area contributed by atoms with Crippen LogP contribution >= 0.6 is 0 Å². The van der Waals surface area contributed by atoms with Gasteiger partial charge in [0.2, 0.25) is 0 Å². The third-order valence-corrected chi connectivity index (χ3v) is 4.08. The van der Waals surface area contributed by atoms with Crippen molar-refractivity contribution in [1.29, 1.82) is 0 Å². The molecule has 1 heterocycles. The number of hydrogen-bond acceptors (Lipinski definition) is 4. The maximum Gasteiger partial charge on any atom is 0.319 e. The standard InChI is InChI=1S/C18H15N3O4/c1-11-15(17(22)12-7-3-2-4-8-12)16(20-18(23)19-11)13-9-5-6-10-14(13)21(24)25/h2-10,15-16H,1H2,(H2,19,20,23)/t15-,16-/m1/s1. The van der Waals surface area contributed by atoms with Gasteiger partial charge in [0.25, 0.3) is 5.69 Å². The number of nitrogens with zero attached hydrogens (tertiary/aromatic N) is 1. The van der Waals surface area contributed by atoms with Crippen LogP contribution in [-0.2, 0) is 0 Å². The highest BCUT2D eigenvalue weighted by Crippen LogP contribution is 2.36. The molecule has 7 nitrogen and oxygen atoms in total. The Morgan fingerprint density at radius 1 is 1.08 bits per heavy atom. The smallest absolute Gasteiger partial charge is 0.319 e. The zero-order valence-electron chi connectivity index (χ0n) is 13.1. The number of urea groups is 1. The second-order valence-electron chi connectivity index (χ2n) is 5.63. The van der Waals surface area contributed by atoms with E-state index in [0.717, 1.165) is 0 Å². The van der Waals surface area contributed by atoms with Crippen LogP contribution in [0.25, 0.3) is 0 Å². The molecular weight excluding hydrogens is 322 g/mol. The highest BCUT2D eigenvalue weighted by atomic mass is 16.6. The average molecular weight is 337 g/mol. The normalized spacial score (nSPS) is 19.7. The van der Waals surface area contributed by atoms with Gasteiger partial charge in [-0.05, 0) is 0 Å². The van der Waals surface area contributed by atoms with Crippen molar-refractivity contribution in [3.63, 3.8) is 0 Å². The van der Waals surface area contributed by atoms with Gasteiger partial charge in [0.15, 0.2) is 5.78 Å². The number of hydrogen-bond donors (Lipinski definition) is 2. The van der Waals surface area contributed by atoms with Crippen LogP contribution in [0, 0.1) is 16.0 Å². The average Bonchev–Trinajstić information content (AvgIpc) is 2.61. The first-order valence-corrected chi connectivity index (χ1v) is 7.58. The number of benzene rings is 2. The third kappa shape index (κ3) is 3.12. The van der Waals surface area contributed by atoms with Crippen LogP contribution in [0.2, 0.25) is 0 Å². The predicted octanol–water partition coefficient (Wildman–Crippen LogP) is 2.96. The molecule has 2 N–H and O–H groups in total. The van der Waals surface area contributed by atoms with E-state index in [1.54, 1.807) is 36.4 Å². The van der Waals surface area contributed by atoms with Gasteiger partial charge in [-0.15, -0.1) is 0 Å². The van der Waals surface area contributed by atoms with E-state index in [9.17, 15) is 19.7 Å². The van der Waals surface area contributed by atoms with Crippen molar-refractivity contribution in [2.75, 3.05) is 0 Å². The van der Waals surface area contributed by atoms with Gasteiger partial charge < -0.3 is 10.6 Å². The predicted molar refractivity (Wildman–Crippen MR) is 90.9 cm³/mol. The molecule has 0 aromatic heterocycles. The van der Waals surface area contributed by atoms with E-state index >= 15 is 0 Å². The van der Waals surface area contributed by atoms with E-state index in [1.165, 1.54) is 18.2 Å².